The molecule has 1 atom stereocenters. The Balaban J connectivity index is 2.79. The first-order chi connectivity index (χ1) is 9.74. The third-order valence-corrected chi connectivity index (χ3v) is 3.53. The van der Waals surface area contributed by atoms with Crippen LogP contribution in [0.3, 0.4) is 0 Å². The predicted octanol–water partition coefficient (Wildman–Crippen LogP) is 5.16. The van der Waals surface area contributed by atoms with Crippen LogP contribution in [0.25, 0.3) is 0 Å². The molecule has 0 bridgehead atoms. The maximum Gasteiger partial charge on any atom is 0.573 e. The van der Waals surface area contributed by atoms with Crippen molar-refractivity contribution in [3.63, 3.8) is 0 Å². The van der Waals surface area contributed by atoms with Crippen LogP contribution in [0.1, 0.15) is 52.1 Å². The molecule has 0 aliphatic carbocycles. The summed E-state index contributed by atoms with van der Waals surface area (Å²) in [6.07, 6.45) is -2.41. The highest BCUT2D eigenvalue weighted by Crippen LogP contribution is 2.27. The van der Waals surface area contributed by atoms with Gasteiger partial charge in [0.1, 0.15) is 5.75 Å². The maximum absolute atomic E-state index is 12.1. The summed E-state index contributed by atoms with van der Waals surface area (Å²) in [4.78, 5) is 2.35. The molecule has 0 aliphatic rings. The van der Waals surface area contributed by atoms with Crippen LogP contribution in [0.2, 0.25) is 0 Å². The molecule has 0 spiro atoms. The summed E-state index contributed by atoms with van der Waals surface area (Å²) in [7, 11) is 0. The summed E-state index contributed by atoms with van der Waals surface area (Å²) in [5.41, 5.74) is 0.995. The maximum atomic E-state index is 12.1. The molecule has 0 fully saturated rings. The number of hydrogen-bond acceptors (Lipinski definition) is 2. The quantitative estimate of drug-likeness (QED) is 0.690. The molecule has 0 heterocycles. The van der Waals surface area contributed by atoms with Crippen molar-refractivity contribution in [2.24, 2.45) is 0 Å². The van der Waals surface area contributed by atoms with E-state index in [0.717, 1.165) is 24.9 Å². The van der Waals surface area contributed by atoms with Crippen LogP contribution in [-0.2, 0) is 0 Å². The molecule has 0 N–H and O–H groups in total. The average Bonchev–Trinajstić information content (AvgIpc) is 2.37. The van der Waals surface area contributed by atoms with E-state index in [-0.39, 0.29) is 11.8 Å². The van der Waals surface area contributed by atoms with Crippen LogP contribution < -0.4 is 4.74 Å². The molecule has 2 nitrogen and oxygen atoms in total. The first-order valence-electron chi connectivity index (χ1n) is 7.36. The summed E-state index contributed by atoms with van der Waals surface area (Å²) in [6.45, 7) is 9.47. The SMILES string of the molecule is CCCCN(C(C)C)C(C)c1ccc(OC(F)(F)F)cc1. The highest BCUT2D eigenvalue weighted by atomic mass is 19.4. The standard InChI is InChI=1S/C16H24F3NO/c1-5-6-11-20(12(2)3)13(4)14-7-9-15(10-8-14)21-16(17,18)19/h7-10,12-13H,5-6,11H2,1-4H3. The highest BCUT2D eigenvalue weighted by molar-refractivity contribution is 5.29. The number of ether oxygens (including phenoxy) is 1. The third-order valence-electron chi connectivity index (χ3n) is 3.53. The van der Waals surface area contributed by atoms with E-state index < -0.39 is 6.36 Å². The van der Waals surface area contributed by atoms with Crippen molar-refractivity contribution in [1.29, 1.82) is 0 Å². The van der Waals surface area contributed by atoms with E-state index in [1.165, 1.54) is 12.1 Å². The van der Waals surface area contributed by atoms with E-state index in [4.69, 9.17) is 0 Å². The van der Waals surface area contributed by atoms with Crippen molar-refractivity contribution in [1.82, 2.24) is 4.90 Å². The molecular formula is C16H24F3NO. The molecule has 0 saturated heterocycles. The second kappa shape index (κ2) is 7.69. The molecule has 0 amide bonds. The molecule has 1 aromatic rings. The first kappa shape index (κ1) is 17.8. The third kappa shape index (κ3) is 5.96. The zero-order valence-electron chi connectivity index (χ0n) is 13.1. The average molecular weight is 303 g/mol. The summed E-state index contributed by atoms with van der Waals surface area (Å²) in [6, 6.07) is 6.70. The second-order valence-corrected chi connectivity index (χ2v) is 5.48. The monoisotopic (exact) mass is 303 g/mol. The van der Waals surface area contributed by atoms with Gasteiger partial charge in [-0.3, -0.25) is 4.90 Å². The number of unbranched alkanes of at least 4 members (excludes halogenated alkanes) is 1. The number of benzene rings is 1. The Morgan fingerprint density at radius 2 is 1.67 bits per heavy atom. The smallest absolute Gasteiger partial charge is 0.406 e. The van der Waals surface area contributed by atoms with Crippen LogP contribution >= 0.6 is 0 Å². The van der Waals surface area contributed by atoms with E-state index in [0.29, 0.717) is 6.04 Å². The Kier molecular flexibility index (Phi) is 6.52. The van der Waals surface area contributed by atoms with Crippen LogP contribution in [0, 0.1) is 0 Å². The topological polar surface area (TPSA) is 12.5 Å². The lowest BCUT2D eigenvalue weighted by atomic mass is 10.0. The fourth-order valence-corrected chi connectivity index (χ4v) is 2.38. The Bertz CT molecular complexity index is 415. The fraction of sp³-hybridized carbons (Fsp3) is 0.625. The highest BCUT2D eigenvalue weighted by Gasteiger charge is 2.31. The van der Waals surface area contributed by atoms with Gasteiger partial charge < -0.3 is 4.74 Å². The Labute approximate surface area is 124 Å². The van der Waals surface area contributed by atoms with Crippen molar-refractivity contribution in [3.8, 4) is 5.75 Å². The molecule has 5 heteroatoms. The Morgan fingerprint density at radius 1 is 1.10 bits per heavy atom. The van der Waals surface area contributed by atoms with Gasteiger partial charge in [0, 0.05) is 12.1 Å². The Hall–Kier alpha value is -1.23. The number of rotatable bonds is 7. The van der Waals surface area contributed by atoms with Crippen LogP contribution in [0.15, 0.2) is 24.3 Å². The minimum absolute atomic E-state index is 0.163. The van der Waals surface area contributed by atoms with Crippen LogP contribution in [-0.4, -0.2) is 23.8 Å². The van der Waals surface area contributed by atoms with E-state index in [1.54, 1.807) is 12.1 Å². The number of halogens is 3. The summed E-state index contributed by atoms with van der Waals surface area (Å²) < 4.78 is 40.3. The molecule has 0 aliphatic heterocycles. The lowest BCUT2D eigenvalue weighted by Gasteiger charge is -2.33. The van der Waals surface area contributed by atoms with Gasteiger partial charge >= 0.3 is 6.36 Å². The number of hydrogen-bond donors (Lipinski definition) is 0. The van der Waals surface area contributed by atoms with Gasteiger partial charge in [-0.15, -0.1) is 13.2 Å². The summed E-state index contributed by atoms with van der Waals surface area (Å²) in [5.74, 6) is -0.178. The van der Waals surface area contributed by atoms with Crippen LogP contribution in [0.5, 0.6) is 5.75 Å². The van der Waals surface area contributed by atoms with E-state index >= 15 is 0 Å². The second-order valence-electron chi connectivity index (χ2n) is 5.48. The van der Waals surface area contributed by atoms with Crippen molar-refractivity contribution in [2.45, 2.75) is 59.0 Å². The molecule has 0 saturated carbocycles. The lowest BCUT2D eigenvalue weighted by molar-refractivity contribution is -0.274. The van der Waals surface area contributed by atoms with Gasteiger partial charge in [0.05, 0.1) is 0 Å². The van der Waals surface area contributed by atoms with Crippen LogP contribution in [0.4, 0.5) is 13.2 Å². The summed E-state index contributed by atoms with van der Waals surface area (Å²) in [5, 5.41) is 0. The van der Waals surface area contributed by atoms with Gasteiger partial charge in [0.2, 0.25) is 0 Å². The van der Waals surface area contributed by atoms with E-state index in [2.05, 4.69) is 37.3 Å². The van der Waals surface area contributed by atoms with Gasteiger partial charge in [-0.1, -0.05) is 25.5 Å². The molecule has 0 aromatic heterocycles. The number of nitrogens with zero attached hydrogens (tertiary/aromatic N) is 1. The van der Waals surface area contributed by atoms with E-state index in [1.807, 2.05) is 0 Å². The normalized spacial score (nSPS) is 13.8. The molecule has 120 valence electrons. The predicted molar refractivity (Wildman–Crippen MR) is 78.3 cm³/mol. The molecule has 21 heavy (non-hydrogen) atoms. The summed E-state index contributed by atoms with van der Waals surface area (Å²) >= 11 is 0. The van der Waals surface area contributed by atoms with Gasteiger partial charge in [0.15, 0.2) is 0 Å². The van der Waals surface area contributed by atoms with Crippen molar-refractivity contribution in [3.05, 3.63) is 29.8 Å². The zero-order chi connectivity index (χ0) is 16.0. The molecular weight excluding hydrogens is 279 g/mol. The minimum atomic E-state index is -4.64. The Morgan fingerprint density at radius 3 is 2.10 bits per heavy atom. The minimum Gasteiger partial charge on any atom is -0.406 e. The van der Waals surface area contributed by atoms with Crippen molar-refractivity contribution < 1.29 is 17.9 Å². The molecule has 1 rings (SSSR count). The lowest BCUT2D eigenvalue weighted by Crippen LogP contribution is -2.34. The van der Waals surface area contributed by atoms with Crippen molar-refractivity contribution >= 4 is 0 Å². The van der Waals surface area contributed by atoms with Crippen molar-refractivity contribution in [2.75, 3.05) is 6.54 Å². The fourth-order valence-electron chi connectivity index (χ4n) is 2.38. The largest absolute Gasteiger partial charge is 0.573 e. The molecule has 1 unspecified atom stereocenters. The van der Waals surface area contributed by atoms with Gasteiger partial charge in [0.25, 0.3) is 0 Å². The number of alkyl halides is 3. The van der Waals surface area contributed by atoms with E-state index in [9.17, 15) is 13.2 Å². The zero-order valence-corrected chi connectivity index (χ0v) is 13.1. The van der Waals surface area contributed by atoms with Gasteiger partial charge in [-0.2, -0.15) is 0 Å². The first-order valence-corrected chi connectivity index (χ1v) is 7.36. The molecule has 1 aromatic carbocycles. The molecule has 0 radical (unpaired) electrons. The van der Waals surface area contributed by atoms with Gasteiger partial charge in [-0.05, 0) is 51.4 Å². The van der Waals surface area contributed by atoms with Gasteiger partial charge in [-0.25, -0.2) is 0 Å².